The van der Waals surface area contributed by atoms with Crippen LogP contribution in [0.4, 0.5) is 6.01 Å². The molecule has 2 heterocycles. The molecule has 0 saturated heterocycles. The number of amides is 1. The first-order valence-electron chi connectivity index (χ1n) is 11.8. The molecule has 0 spiro atoms. The van der Waals surface area contributed by atoms with Crippen molar-refractivity contribution in [3.63, 3.8) is 0 Å². The minimum Gasteiger partial charge on any atom is -0.474 e. The zero-order chi connectivity index (χ0) is 24.8. The van der Waals surface area contributed by atoms with Crippen LogP contribution in [0.1, 0.15) is 68.2 Å². The molecule has 0 unspecified atom stereocenters. The topological polar surface area (TPSA) is 116 Å². The van der Waals surface area contributed by atoms with Crippen LogP contribution in [0.5, 0.6) is 5.88 Å². The van der Waals surface area contributed by atoms with Crippen molar-refractivity contribution in [1.82, 2.24) is 15.1 Å². The zero-order valence-corrected chi connectivity index (χ0v) is 20.2. The van der Waals surface area contributed by atoms with E-state index < -0.39 is 11.5 Å². The third kappa shape index (κ3) is 7.11. The minimum absolute atomic E-state index is 0.0257. The van der Waals surface area contributed by atoms with Crippen molar-refractivity contribution in [2.45, 2.75) is 64.6 Å². The second-order valence-corrected chi connectivity index (χ2v) is 9.64. The van der Waals surface area contributed by atoms with Gasteiger partial charge in [-0.15, -0.1) is 0 Å². The molecular weight excluding hydrogens is 448 g/mol. The van der Waals surface area contributed by atoms with Crippen LogP contribution in [-0.2, 0) is 16.0 Å². The Morgan fingerprint density at radius 3 is 2.46 bits per heavy atom. The molecule has 1 amide bonds. The number of benzene rings is 1. The van der Waals surface area contributed by atoms with Gasteiger partial charge in [0.25, 0.3) is 5.91 Å². The number of hydrogen-bond acceptors (Lipinski definition) is 8. The smallest absolute Gasteiger partial charge is 0.328 e. The summed E-state index contributed by atoms with van der Waals surface area (Å²) in [4.78, 5) is 33.3. The van der Waals surface area contributed by atoms with E-state index in [0.717, 1.165) is 31.2 Å². The van der Waals surface area contributed by atoms with Crippen molar-refractivity contribution < 1.29 is 23.6 Å². The van der Waals surface area contributed by atoms with Crippen molar-refractivity contribution in [2.24, 2.45) is 5.92 Å². The highest BCUT2D eigenvalue weighted by molar-refractivity contribution is 6.02. The Labute approximate surface area is 204 Å². The highest BCUT2D eigenvalue weighted by Crippen LogP contribution is 2.29. The summed E-state index contributed by atoms with van der Waals surface area (Å²) in [5.41, 5.74) is 0.911. The summed E-state index contributed by atoms with van der Waals surface area (Å²) >= 11 is 0. The fraction of sp³-hybridized carbons (Fsp3) is 0.423. The molecule has 0 atom stereocenters. The summed E-state index contributed by atoms with van der Waals surface area (Å²) in [5, 5.41) is 6.50. The summed E-state index contributed by atoms with van der Waals surface area (Å²) in [6.45, 7) is 5.63. The van der Waals surface area contributed by atoms with Crippen LogP contribution in [0.3, 0.4) is 0 Å². The summed E-state index contributed by atoms with van der Waals surface area (Å²) in [5.74, 6) is 0.278. The largest absolute Gasteiger partial charge is 0.474 e. The molecule has 1 N–H and O–H groups in total. The Morgan fingerprint density at radius 2 is 1.80 bits per heavy atom. The summed E-state index contributed by atoms with van der Waals surface area (Å²) < 4.78 is 16.6. The Morgan fingerprint density at radius 1 is 1.06 bits per heavy atom. The van der Waals surface area contributed by atoms with Crippen molar-refractivity contribution in [2.75, 3.05) is 5.32 Å². The van der Waals surface area contributed by atoms with Crippen LogP contribution >= 0.6 is 0 Å². The first-order valence-corrected chi connectivity index (χ1v) is 11.8. The van der Waals surface area contributed by atoms with Crippen molar-refractivity contribution in [3.8, 4) is 5.88 Å². The van der Waals surface area contributed by atoms with E-state index in [4.69, 9.17) is 14.0 Å². The second kappa shape index (κ2) is 10.7. The molecule has 1 aliphatic rings. The molecule has 1 aliphatic carbocycles. The first kappa shape index (κ1) is 24.4. The van der Waals surface area contributed by atoms with Gasteiger partial charge in [-0.3, -0.25) is 14.9 Å². The number of carbonyl (C=O) groups excluding carboxylic acids is 2. The van der Waals surface area contributed by atoms with E-state index in [1.807, 2.05) is 51.1 Å². The zero-order valence-electron chi connectivity index (χ0n) is 20.2. The number of nitrogens with zero attached hydrogens (tertiary/aromatic N) is 3. The van der Waals surface area contributed by atoms with E-state index in [2.05, 4.69) is 20.4 Å². The van der Waals surface area contributed by atoms with Crippen LogP contribution in [0.2, 0.25) is 0 Å². The standard InChI is InChI=1S/C26H30N4O5/c1-26(2,3)34-24(32)18-9-12-20(13-10-18)33-22-14-11-19(16-27-22)23(31)29-25-28-21(30-35-25)15-17-7-5-4-6-8-17/h4-8,11,14,16,18,20H,9-10,12-13,15H2,1-3H3,(H,28,29,30,31)/t18-,20+. The SMILES string of the molecule is CC(C)(C)OC(=O)[C@H]1CC[C@@H](Oc2ccc(C(=O)Nc3nc(Cc4ccccc4)no3)cn2)CC1. The number of pyridine rings is 1. The predicted molar refractivity (Wildman–Crippen MR) is 128 cm³/mol. The molecule has 9 nitrogen and oxygen atoms in total. The van der Waals surface area contributed by atoms with Gasteiger partial charge in [0, 0.05) is 18.7 Å². The van der Waals surface area contributed by atoms with Crippen LogP contribution in [0.25, 0.3) is 0 Å². The summed E-state index contributed by atoms with van der Waals surface area (Å²) in [6.07, 6.45) is 4.85. The Hall–Kier alpha value is -3.75. The van der Waals surface area contributed by atoms with Crippen LogP contribution < -0.4 is 10.1 Å². The molecule has 3 aromatic rings. The van der Waals surface area contributed by atoms with Gasteiger partial charge < -0.3 is 14.0 Å². The van der Waals surface area contributed by atoms with Gasteiger partial charge in [-0.2, -0.15) is 4.98 Å². The van der Waals surface area contributed by atoms with Crippen LogP contribution in [0.15, 0.2) is 53.2 Å². The molecule has 0 radical (unpaired) electrons. The molecule has 1 saturated carbocycles. The Bertz CT molecular complexity index is 1130. The lowest BCUT2D eigenvalue weighted by atomic mass is 9.87. The third-order valence-electron chi connectivity index (χ3n) is 5.59. The molecule has 184 valence electrons. The van der Waals surface area contributed by atoms with Gasteiger partial charge in [-0.05, 0) is 58.1 Å². The molecule has 1 aromatic carbocycles. The van der Waals surface area contributed by atoms with Gasteiger partial charge in [0.15, 0.2) is 5.82 Å². The molecule has 0 bridgehead atoms. The van der Waals surface area contributed by atoms with E-state index >= 15 is 0 Å². The number of esters is 1. The number of aromatic nitrogens is 3. The van der Waals surface area contributed by atoms with E-state index in [9.17, 15) is 9.59 Å². The molecule has 35 heavy (non-hydrogen) atoms. The minimum atomic E-state index is -0.476. The van der Waals surface area contributed by atoms with Crippen LogP contribution in [0, 0.1) is 5.92 Å². The lowest BCUT2D eigenvalue weighted by molar-refractivity contribution is -0.161. The van der Waals surface area contributed by atoms with E-state index in [0.29, 0.717) is 23.7 Å². The molecule has 2 aromatic heterocycles. The maximum atomic E-state index is 12.5. The third-order valence-corrected chi connectivity index (χ3v) is 5.59. The molecular formula is C26H30N4O5. The molecule has 1 fully saturated rings. The lowest BCUT2D eigenvalue weighted by Gasteiger charge is -2.29. The lowest BCUT2D eigenvalue weighted by Crippen LogP contribution is -2.33. The van der Waals surface area contributed by atoms with Crippen molar-refractivity contribution in [1.29, 1.82) is 0 Å². The predicted octanol–water partition coefficient (Wildman–Crippen LogP) is 4.59. The van der Waals surface area contributed by atoms with Gasteiger partial charge in [0.05, 0.1) is 11.5 Å². The quantitative estimate of drug-likeness (QED) is 0.490. The first-order chi connectivity index (χ1) is 16.7. The number of anilines is 1. The summed E-state index contributed by atoms with van der Waals surface area (Å²) in [7, 11) is 0. The second-order valence-electron chi connectivity index (χ2n) is 9.64. The van der Waals surface area contributed by atoms with Crippen molar-refractivity contribution >= 4 is 17.9 Å². The fourth-order valence-corrected chi connectivity index (χ4v) is 3.88. The summed E-state index contributed by atoms with van der Waals surface area (Å²) in [6, 6.07) is 13.1. The van der Waals surface area contributed by atoms with Gasteiger partial charge in [-0.25, -0.2) is 4.98 Å². The maximum absolute atomic E-state index is 12.5. The number of nitrogens with one attached hydrogen (secondary N) is 1. The van der Waals surface area contributed by atoms with Gasteiger partial charge in [-0.1, -0.05) is 35.5 Å². The van der Waals surface area contributed by atoms with Crippen LogP contribution in [-0.4, -0.2) is 38.7 Å². The Kier molecular flexibility index (Phi) is 7.43. The highest BCUT2D eigenvalue weighted by Gasteiger charge is 2.30. The normalized spacial score (nSPS) is 18.0. The molecule has 9 heteroatoms. The highest BCUT2D eigenvalue weighted by atomic mass is 16.6. The number of hydrogen-bond donors (Lipinski definition) is 1. The van der Waals surface area contributed by atoms with Gasteiger partial charge in [0.1, 0.15) is 11.7 Å². The maximum Gasteiger partial charge on any atom is 0.328 e. The fourth-order valence-electron chi connectivity index (χ4n) is 3.88. The molecule has 0 aliphatic heterocycles. The number of carbonyl (C=O) groups is 2. The Balaban J connectivity index is 1.25. The van der Waals surface area contributed by atoms with Crippen molar-refractivity contribution in [3.05, 3.63) is 65.6 Å². The van der Waals surface area contributed by atoms with Gasteiger partial charge >= 0.3 is 12.0 Å². The van der Waals surface area contributed by atoms with E-state index in [1.54, 1.807) is 12.1 Å². The number of ether oxygens (including phenoxy) is 2. The van der Waals surface area contributed by atoms with E-state index in [-0.39, 0.29) is 24.0 Å². The molecule has 4 rings (SSSR count). The average molecular weight is 479 g/mol. The monoisotopic (exact) mass is 478 g/mol. The number of rotatable bonds is 7. The van der Waals surface area contributed by atoms with E-state index in [1.165, 1.54) is 6.20 Å². The van der Waals surface area contributed by atoms with Gasteiger partial charge in [0.2, 0.25) is 5.88 Å². The average Bonchev–Trinajstić information content (AvgIpc) is 3.26.